The first-order chi connectivity index (χ1) is 8.91. The fraction of sp³-hybridized carbons (Fsp3) is 0.538. The Kier molecular flexibility index (Phi) is 4.48. The summed E-state index contributed by atoms with van der Waals surface area (Å²) >= 11 is 5.82. The molecule has 1 aliphatic rings. The third-order valence-corrected chi connectivity index (χ3v) is 5.69. The van der Waals surface area contributed by atoms with E-state index in [1.165, 1.54) is 18.2 Å². The van der Waals surface area contributed by atoms with Gasteiger partial charge in [-0.3, -0.25) is 0 Å². The van der Waals surface area contributed by atoms with Crippen molar-refractivity contribution >= 4 is 21.4 Å². The highest BCUT2D eigenvalue weighted by Gasteiger charge is 2.33. The van der Waals surface area contributed by atoms with E-state index in [9.17, 15) is 17.9 Å². The smallest absolute Gasteiger partial charge is 0.150 e. The van der Waals surface area contributed by atoms with E-state index in [-0.39, 0.29) is 35.8 Å². The van der Waals surface area contributed by atoms with E-state index in [1.807, 2.05) is 0 Å². The molecule has 0 spiro atoms. The van der Waals surface area contributed by atoms with Crippen molar-refractivity contribution in [1.82, 2.24) is 0 Å². The molecule has 0 radical (unpaired) electrons. The number of aliphatic hydroxyl groups is 1. The Morgan fingerprint density at radius 1 is 1.47 bits per heavy atom. The second-order valence-electron chi connectivity index (χ2n) is 5.05. The largest absolute Gasteiger partial charge is 0.396 e. The van der Waals surface area contributed by atoms with Crippen molar-refractivity contribution in [2.75, 3.05) is 18.1 Å². The van der Waals surface area contributed by atoms with Gasteiger partial charge in [0.05, 0.1) is 11.5 Å². The van der Waals surface area contributed by atoms with Gasteiger partial charge in [-0.1, -0.05) is 11.6 Å². The van der Waals surface area contributed by atoms with Gasteiger partial charge in [-0.05, 0) is 48.4 Å². The van der Waals surface area contributed by atoms with Crippen molar-refractivity contribution in [2.45, 2.75) is 12.8 Å². The number of aliphatic hydroxyl groups excluding tert-OH is 1. The molecule has 1 aromatic carbocycles. The highest BCUT2D eigenvalue weighted by Crippen LogP contribution is 2.29. The number of halogens is 2. The van der Waals surface area contributed by atoms with Gasteiger partial charge in [0.2, 0.25) is 0 Å². The molecule has 2 atom stereocenters. The molecule has 1 N–H and O–H groups in total. The van der Waals surface area contributed by atoms with Crippen LogP contribution in [0.15, 0.2) is 18.2 Å². The van der Waals surface area contributed by atoms with E-state index in [4.69, 9.17) is 11.6 Å². The first kappa shape index (κ1) is 14.8. The standard InChI is InChI=1S/C13H16ClFO3S/c14-12-1-2-13(15)10(6-12)5-11(7-16)9-3-4-19(17,18)8-9/h1-2,6,9,11,16H,3-5,7-8H2. The zero-order valence-electron chi connectivity index (χ0n) is 10.4. The lowest BCUT2D eigenvalue weighted by Gasteiger charge is -2.20. The summed E-state index contributed by atoms with van der Waals surface area (Å²) in [6.07, 6.45) is 0.846. The third kappa shape index (κ3) is 3.68. The summed E-state index contributed by atoms with van der Waals surface area (Å²) in [5.41, 5.74) is 0.427. The molecule has 0 amide bonds. The zero-order valence-corrected chi connectivity index (χ0v) is 11.9. The topological polar surface area (TPSA) is 54.4 Å². The van der Waals surface area contributed by atoms with Gasteiger partial charge < -0.3 is 5.11 Å². The number of benzene rings is 1. The minimum absolute atomic E-state index is 0.0837. The summed E-state index contributed by atoms with van der Waals surface area (Å²) in [5, 5.41) is 9.87. The van der Waals surface area contributed by atoms with Crippen molar-refractivity contribution in [2.24, 2.45) is 11.8 Å². The van der Waals surface area contributed by atoms with Crippen LogP contribution in [0.2, 0.25) is 5.02 Å². The highest BCUT2D eigenvalue weighted by molar-refractivity contribution is 7.91. The van der Waals surface area contributed by atoms with Crippen molar-refractivity contribution < 1.29 is 17.9 Å². The van der Waals surface area contributed by atoms with Crippen LogP contribution in [-0.4, -0.2) is 31.6 Å². The van der Waals surface area contributed by atoms with Crippen LogP contribution in [0.1, 0.15) is 12.0 Å². The third-order valence-electron chi connectivity index (χ3n) is 3.66. The molecule has 106 valence electrons. The molecule has 1 heterocycles. The monoisotopic (exact) mass is 306 g/mol. The second kappa shape index (κ2) is 5.77. The summed E-state index contributed by atoms with van der Waals surface area (Å²) in [7, 11) is -2.99. The average molecular weight is 307 g/mol. The normalized spacial score (nSPS) is 23.4. The predicted molar refractivity (Wildman–Crippen MR) is 72.5 cm³/mol. The first-order valence-electron chi connectivity index (χ1n) is 6.16. The summed E-state index contributed by atoms with van der Waals surface area (Å²) in [6.45, 7) is -0.147. The van der Waals surface area contributed by atoms with Crippen molar-refractivity contribution in [3.63, 3.8) is 0 Å². The van der Waals surface area contributed by atoms with Gasteiger partial charge in [0, 0.05) is 11.6 Å². The Balaban J connectivity index is 2.13. The molecule has 0 bridgehead atoms. The molecule has 6 heteroatoms. The molecule has 1 saturated heterocycles. The Hall–Kier alpha value is -0.650. The molecule has 1 aromatic rings. The van der Waals surface area contributed by atoms with E-state index in [1.54, 1.807) is 0 Å². The van der Waals surface area contributed by atoms with Crippen molar-refractivity contribution in [3.8, 4) is 0 Å². The number of sulfone groups is 1. The number of hydrogen-bond donors (Lipinski definition) is 1. The maximum Gasteiger partial charge on any atom is 0.150 e. The maximum absolute atomic E-state index is 13.6. The minimum atomic E-state index is -2.99. The van der Waals surface area contributed by atoms with Gasteiger partial charge in [-0.2, -0.15) is 0 Å². The van der Waals surface area contributed by atoms with E-state index < -0.39 is 9.84 Å². The summed E-state index contributed by atoms with van der Waals surface area (Å²) in [5.74, 6) is -0.477. The molecule has 1 aliphatic heterocycles. The molecule has 0 saturated carbocycles. The molecule has 3 nitrogen and oxygen atoms in total. The Morgan fingerprint density at radius 3 is 2.79 bits per heavy atom. The average Bonchev–Trinajstić information content (AvgIpc) is 2.70. The lowest BCUT2D eigenvalue weighted by molar-refractivity contribution is 0.183. The first-order valence-corrected chi connectivity index (χ1v) is 8.36. The van der Waals surface area contributed by atoms with Crippen LogP contribution < -0.4 is 0 Å². The van der Waals surface area contributed by atoms with E-state index in [0.717, 1.165) is 0 Å². The van der Waals surface area contributed by atoms with E-state index in [2.05, 4.69) is 0 Å². The molecule has 1 fully saturated rings. The van der Waals surface area contributed by atoms with Crippen molar-refractivity contribution in [3.05, 3.63) is 34.6 Å². The van der Waals surface area contributed by atoms with Crippen LogP contribution in [0, 0.1) is 17.7 Å². The van der Waals surface area contributed by atoms with Crippen LogP contribution in [0.4, 0.5) is 4.39 Å². The Labute approximate surface area is 117 Å². The molecule has 2 rings (SSSR count). The van der Waals surface area contributed by atoms with Crippen LogP contribution in [0.25, 0.3) is 0 Å². The molecular weight excluding hydrogens is 291 g/mol. The summed E-state index contributed by atoms with van der Waals surface area (Å²) < 4.78 is 36.6. The minimum Gasteiger partial charge on any atom is -0.396 e. The van der Waals surface area contributed by atoms with Crippen LogP contribution >= 0.6 is 11.6 Å². The number of rotatable bonds is 4. The van der Waals surface area contributed by atoms with Gasteiger partial charge in [-0.15, -0.1) is 0 Å². The zero-order chi connectivity index (χ0) is 14.0. The molecular formula is C13H16ClFO3S. The second-order valence-corrected chi connectivity index (χ2v) is 7.71. The van der Waals surface area contributed by atoms with Crippen LogP contribution in [0.5, 0.6) is 0 Å². The number of hydrogen-bond acceptors (Lipinski definition) is 3. The van der Waals surface area contributed by atoms with Crippen molar-refractivity contribution in [1.29, 1.82) is 0 Å². The molecule has 0 aromatic heterocycles. The molecule has 19 heavy (non-hydrogen) atoms. The van der Waals surface area contributed by atoms with Gasteiger partial charge in [0.1, 0.15) is 5.82 Å². The van der Waals surface area contributed by atoms with E-state index >= 15 is 0 Å². The van der Waals surface area contributed by atoms with Gasteiger partial charge in [0.15, 0.2) is 9.84 Å². The lowest BCUT2D eigenvalue weighted by Crippen LogP contribution is -2.22. The maximum atomic E-state index is 13.6. The Bertz CT molecular complexity index is 559. The summed E-state index contributed by atoms with van der Waals surface area (Å²) in [6, 6.07) is 4.29. The SMILES string of the molecule is O=S1(=O)CCC(C(CO)Cc2cc(Cl)ccc2F)C1. The summed E-state index contributed by atoms with van der Waals surface area (Å²) in [4.78, 5) is 0. The Morgan fingerprint density at radius 2 is 2.21 bits per heavy atom. The fourth-order valence-corrected chi connectivity index (χ4v) is 4.67. The molecule has 0 aliphatic carbocycles. The highest BCUT2D eigenvalue weighted by atomic mass is 35.5. The molecule has 2 unspecified atom stereocenters. The van der Waals surface area contributed by atoms with Crippen LogP contribution in [-0.2, 0) is 16.3 Å². The lowest BCUT2D eigenvalue weighted by atomic mass is 9.87. The quantitative estimate of drug-likeness (QED) is 0.926. The van der Waals surface area contributed by atoms with Crippen LogP contribution in [0.3, 0.4) is 0 Å². The fourth-order valence-electron chi connectivity index (χ4n) is 2.56. The van der Waals surface area contributed by atoms with Gasteiger partial charge in [-0.25, -0.2) is 12.8 Å². The van der Waals surface area contributed by atoms with E-state index in [0.29, 0.717) is 23.4 Å². The van der Waals surface area contributed by atoms with Gasteiger partial charge in [0.25, 0.3) is 0 Å². The van der Waals surface area contributed by atoms with Gasteiger partial charge >= 0.3 is 0 Å². The predicted octanol–water partition coefficient (Wildman–Crippen LogP) is 2.06.